The Morgan fingerprint density at radius 1 is 1.40 bits per heavy atom. The molecule has 3 fully saturated rings. The van der Waals surface area contributed by atoms with E-state index in [1.807, 2.05) is 0 Å². The molecule has 0 bridgehead atoms. The van der Waals surface area contributed by atoms with Crippen molar-refractivity contribution in [3.05, 3.63) is 23.8 Å². The summed E-state index contributed by atoms with van der Waals surface area (Å²) in [6.07, 6.45) is 14.0. The number of allylic oxidation sites excluding steroid dienone is 2. The van der Waals surface area contributed by atoms with E-state index in [9.17, 15) is 10.2 Å². The summed E-state index contributed by atoms with van der Waals surface area (Å²) in [5, 5.41) is 21.0. The third-order valence-electron chi connectivity index (χ3n) is 6.89. The number of fused-ring (bicyclic) bond motifs is 2. The predicted octanol–water partition coefficient (Wildman–Crippen LogP) is 3.20. The van der Waals surface area contributed by atoms with E-state index in [-0.39, 0.29) is 23.0 Å². The van der Waals surface area contributed by atoms with Gasteiger partial charge in [-0.1, -0.05) is 30.7 Å². The maximum atomic E-state index is 10.7. The smallest absolute Gasteiger partial charge is 0.0817 e. The molecule has 2 N–H and O–H groups in total. The van der Waals surface area contributed by atoms with Gasteiger partial charge in [-0.2, -0.15) is 0 Å². The van der Waals surface area contributed by atoms with Crippen LogP contribution in [0.15, 0.2) is 23.8 Å². The van der Waals surface area contributed by atoms with Gasteiger partial charge in [-0.3, -0.25) is 0 Å². The maximum absolute atomic E-state index is 10.7. The molecular formula is C18H26O2. The van der Waals surface area contributed by atoms with E-state index in [1.54, 1.807) is 0 Å². The van der Waals surface area contributed by atoms with Crippen molar-refractivity contribution in [1.29, 1.82) is 0 Å². The predicted molar refractivity (Wildman–Crippen MR) is 79.1 cm³/mol. The van der Waals surface area contributed by atoms with E-state index in [2.05, 4.69) is 25.2 Å². The highest BCUT2D eigenvalue weighted by molar-refractivity contribution is 5.30. The van der Waals surface area contributed by atoms with Crippen LogP contribution in [0, 0.1) is 22.7 Å². The molecular weight excluding hydrogens is 248 g/mol. The van der Waals surface area contributed by atoms with Crippen molar-refractivity contribution in [2.75, 3.05) is 0 Å². The third-order valence-corrected chi connectivity index (χ3v) is 6.89. The first-order valence-electron chi connectivity index (χ1n) is 8.31. The molecule has 0 radical (unpaired) electrons. The minimum Gasteiger partial charge on any atom is -0.393 e. The molecule has 2 nitrogen and oxygen atoms in total. The van der Waals surface area contributed by atoms with Crippen LogP contribution >= 0.6 is 0 Å². The second-order valence-corrected chi connectivity index (χ2v) is 7.84. The Balaban J connectivity index is 1.59. The summed E-state index contributed by atoms with van der Waals surface area (Å²) in [5.74, 6) is 1.19. The van der Waals surface area contributed by atoms with E-state index in [0.29, 0.717) is 11.8 Å². The van der Waals surface area contributed by atoms with Crippen LogP contribution in [-0.4, -0.2) is 22.4 Å². The molecule has 0 saturated heterocycles. The van der Waals surface area contributed by atoms with Crippen molar-refractivity contribution in [2.45, 2.75) is 64.1 Å². The summed E-state index contributed by atoms with van der Waals surface area (Å²) < 4.78 is 0. The van der Waals surface area contributed by atoms with Gasteiger partial charge in [0.1, 0.15) is 0 Å². The second-order valence-electron chi connectivity index (χ2n) is 7.84. The summed E-state index contributed by atoms with van der Waals surface area (Å²) in [6, 6.07) is 0. The minimum atomic E-state index is -0.304. The lowest BCUT2D eigenvalue weighted by Gasteiger charge is -2.40. The molecule has 2 heteroatoms. The number of rotatable bonds is 2. The molecule has 6 unspecified atom stereocenters. The maximum Gasteiger partial charge on any atom is 0.0817 e. The average Bonchev–Trinajstić information content (AvgIpc) is 2.84. The molecule has 3 saturated carbocycles. The Morgan fingerprint density at radius 2 is 2.25 bits per heavy atom. The van der Waals surface area contributed by atoms with Gasteiger partial charge in [0.25, 0.3) is 0 Å². The average molecular weight is 274 g/mol. The third kappa shape index (κ3) is 1.64. The van der Waals surface area contributed by atoms with Crippen LogP contribution in [0.5, 0.6) is 0 Å². The van der Waals surface area contributed by atoms with Crippen molar-refractivity contribution in [3.8, 4) is 0 Å². The van der Waals surface area contributed by atoms with Crippen LogP contribution in [-0.2, 0) is 0 Å². The van der Waals surface area contributed by atoms with Crippen LogP contribution in [0.25, 0.3) is 0 Å². The molecule has 6 atom stereocenters. The largest absolute Gasteiger partial charge is 0.393 e. The van der Waals surface area contributed by atoms with Gasteiger partial charge >= 0.3 is 0 Å². The van der Waals surface area contributed by atoms with Gasteiger partial charge in [0.15, 0.2) is 0 Å². The minimum absolute atomic E-state index is 0.0654. The molecule has 4 aliphatic carbocycles. The molecule has 0 spiro atoms. The van der Waals surface area contributed by atoms with E-state index in [1.165, 1.54) is 12.0 Å². The van der Waals surface area contributed by atoms with Gasteiger partial charge in [-0.15, -0.1) is 0 Å². The molecule has 0 heterocycles. The first-order chi connectivity index (χ1) is 9.56. The first kappa shape index (κ1) is 13.1. The lowest BCUT2D eigenvalue weighted by molar-refractivity contribution is 0.0292. The monoisotopic (exact) mass is 274 g/mol. The summed E-state index contributed by atoms with van der Waals surface area (Å²) in [6.45, 7) is 2.25. The van der Waals surface area contributed by atoms with Crippen molar-refractivity contribution in [2.24, 2.45) is 22.7 Å². The number of hydrogen-bond acceptors (Lipinski definition) is 2. The van der Waals surface area contributed by atoms with Crippen molar-refractivity contribution < 1.29 is 10.2 Å². The van der Waals surface area contributed by atoms with E-state index in [0.717, 1.165) is 38.5 Å². The van der Waals surface area contributed by atoms with E-state index >= 15 is 0 Å². The number of aliphatic hydroxyl groups is 2. The summed E-state index contributed by atoms with van der Waals surface area (Å²) >= 11 is 0. The van der Waals surface area contributed by atoms with Crippen molar-refractivity contribution in [1.82, 2.24) is 0 Å². The fourth-order valence-electron chi connectivity index (χ4n) is 5.36. The Kier molecular flexibility index (Phi) is 2.75. The van der Waals surface area contributed by atoms with Gasteiger partial charge in [-0.05, 0) is 56.8 Å². The Bertz CT molecular complexity index is 480. The van der Waals surface area contributed by atoms with Crippen LogP contribution in [0.3, 0.4) is 0 Å². The van der Waals surface area contributed by atoms with Gasteiger partial charge in [0, 0.05) is 10.8 Å². The van der Waals surface area contributed by atoms with E-state index in [4.69, 9.17) is 0 Å². The van der Waals surface area contributed by atoms with Gasteiger partial charge in [0.2, 0.25) is 0 Å². The zero-order valence-corrected chi connectivity index (χ0v) is 12.4. The van der Waals surface area contributed by atoms with Gasteiger partial charge < -0.3 is 10.2 Å². The van der Waals surface area contributed by atoms with Gasteiger partial charge in [-0.25, -0.2) is 0 Å². The van der Waals surface area contributed by atoms with Crippen LogP contribution in [0.4, 0.5) is 0 Å². The fraction of sp³-hybridized carbons (Fsp3) is 0.778. The first-order valence-corrected chi connectivity index (χ1v) is 8.31. The number of aliphatic hydroxyl groups excluding tert-OH is 2. The summed E-state index contributed by atoms with van der Waals surface area (Å²) in [5.41, 5.74) is 1.58. The van der Waals surface area contributed by atoms with Crippen LogP contribution in [0.1, 0.15) is 51.9 Å². The SMILES string of the molecule is CC12CCC/C(=C\C(O)C34C=CCC3C4)C1CCC2O. The standard InChI is InChI=1S/C18H26O2/c1-17-8-2-4-12(14(17)6-7-15(17)19)10-16(20)18-9-3-5-13(18)11-18/h3,9-10,13-16,19-20H,2,4-8,11H2,1H3/b12-10+. The number of hydrogen-bond donors (Lipinski definition) is 2. The summed E-state index contributed by atoms with van der Waals surface area (Å²) in [4.78, 5) is 0. The van der Waals surface area contributed by atoms with Crippen LogP contribution < -0.4 is 0 Å². The topological polar surface area (TPSA) is 40.5 Å². The molecule has 20 heavy (non-hydrogen) atoms. The highest BCUT2D eigenvalue weighted by atomic mass is 16.3. The van der Waals surface area contributed by atoms with Crippen LogP contribution in [0.2, 0.25) is 0 Å². The quantitative estimate of drug-likeness (QED) is 0.759. The fourth-order valence-corrected chi connectivity index (χ4v) is 5.36. The highest BCUT2D eigenvalue weighted by Crippen LogP contribution is 2.63. The van der Waals surface area contributed by atoms with Crippen molar-refractivity contribution >= 4 is 0 Å². The highest BCUT2D eigenvalue weighted by Gasteiger charge is 2.58. The zero-order chi connectivity index (χ0) is 14.0. The van der Waals surface area contributed by atoms with Crippen molar-refractivity contribution in [3.63, 3.8) is 0 Å². The molecule has 4 aliphatic rings. The Morgan fingerprint density at radius 3 is 2.95 bits per heavy atom. The molecule has 4 rings (SSSR count). The molecule has 110 valence electrons. The normalized spacial score (nSPS) is 53.0. The Labute approximate surface area is 121 Å². The molecule has 0 aliphatic heterocycles. The summed E-state index contributed by atoms with van der Waals surface area (Å²) in [7, 11) is 0. The molecule has 0 amide bonds. The molecule has 0 aromatic rings. The lowest BCUT2D eigenvalue weighted by atomic mass is 9.66. The lowest BCUT2D eigenvalue weighted by Crippen LogP contribution is -2.36. The Hall–Kier alpha value is -0.600. The second kappa shape index (κ2) is 4.20. The van der Waals surface area contributed by atoms with Gasteiger partial charge in [0.05, 0.1) is 12.2 Å². The van der Waals surface area contributed by atoms with E-state index < -0.39 is 0 Å². The zero-order valence-electron chi connectivity index (χ0n) is 12.4. The molecule has 0 aromatic heterocycles. The molecule has 0 aromatic carbocycles.